The zero-order valence-corrected chi connectivity index (χ0v) is 20.4. The highest BCUT2D eigenvalue weighted by molar-refractivity contribution is 7.89. The first-order valence-corrected chi connectivity index (χ1v) is 13.9. The van der Waals surface area contributed by atoms with Crippen LogP contribution in [0.4, 0.5) is 0 Å². The molecular formula is C26H35NO5S. The van der Waals surface area contributed by atoms with E-state index in [0.29, 0.717) is 29.5 Å². The van der Waals surface area contributed by atoms with Gasteiger partial charge in [0.2, 0.25) is 10.0 Å². The van der Waals surface area contributed by atoms with E-state index in [1.165, 1.54) is 24.6 Å². The van der Waals surface area contributed by atoms with Gasteiger partial charge < -0.3 is 4.74 Å². The minimum absolute atomic E-state index is 0.0535. The maximum absolute atomic E-state index is 13.0. The summed E-state index contributed by atoms with van der Waals surface area (Å²) in [5, 5.41) is 5.23. The normalized spacial score (nSPS) is 40.5. The molecule has 4 unspecified atom stereocenters. The van der Waals surface area contributed by atoms with Crippen LogP contribution in [0, 0.1) is 34.5 Å². The summed E-state index contributed by atoms with van der Waals surface area (Å²) in [7, 11) is -3.88. The molecule has 0 saturated heterocycles. The predicted octanol–water partition coefficient (Wildman–Crippen LogP) is 4.47. The molecule has 7 atom stereocenters. The lowest BCUT2D eigenvalue weighted by Crippen LogP contribution is -2.54. The zero-order valence-electron chi connectivity index (χ0n) is 19.6. The van der Waals surface area contributed by atoms with Crippen LogP contribution in [0.2, 0.25) is 0 Å². The van der Waals surface area contributed by atoms with Gasteiger partial charge in [-0.05, 0) is 92.2 Å². The van der Waals surface area contributed by atoms with Gasteiger partial charge in [0.05, 0.1) is 10.5 Å². The van der Waals surface area contributed by atoms with E-state index in [2.05, 4.69) is 13.8 Å². The van der Waals surface area contributed by atoms with Gasteiger partial charge in [0.25, 0.3) is 0 Å². The molecule has 33 heavy (non-hydrogen) atoms. The van der Waals surface area contributed by atoms with Gasteiger partial charge in [0.1, 0.15) is 11.9 Å². The van der Waals surface area contributed by atoms with Crippen LogP contribution in [0.5, 0.6) is 0 Å². The van der Waals surface area contributed by atoms with Crippen molar-refractivity contribution in [3.05, 3.63) is 29.8 Å². The molecule has 7 heteroatoms. The van der Waals surface area contributed by atoms with Gasteiger partial charge in [0.15, 0.2) is 0 Å². The van der Waals surface area contributed by atoms with Gasteiger partial charge in [-0.2, -0.15) is 0 Å². The van der Waals surface area contributed by atoms with Crippen molar-refractivity contribution < 1.29 is 22.7 Å². The number of hydrogen-bond acceptors (Lipinski definition) is 5. The highest BCUT2D eigenvalue weighted by Crippen LogP contribution is 2.66. The molecule has 0 aromatic heterocycles. The lowest BCUT2D eigenvalue weighted by atomic mass is 9.45. The van der Waals surface area contributed by atoms with Crippen molar-refractivity contribution in [1.82, 2.24) is 0 Å². The van der Waals surface area contributed by atoms with Crippen LogP contribution in [-0.2, 0) is 19.6 Å². The maximum Gasteiger partial charge on any atom is 0.338 e. The Kier molecular flexibility index (Phi) is 5.52. The lowest BCUT2D eigenvalue weighted by molar-refractivity contribution is -0.142. The van der Waals surface area contributed by atoms with E-state index < -0.39 is 16.0 Å². The molecule has 2 N–H and O–H groups in total. The number of carbonyl (C=O) groups is 2. The van der Waals surface area contributed by atoms with Crippen molar-refractivity contribution in [3.8, 4) is 0 Å². The first-order valence-electron chi connectivity index (χ1n) is 12.4. The summed E-state index contributed by atoms with van der Waals surface area (Å²) in [6.07, 6.45) is 8.76. The number of Topliss-reactive ketones (excluding diaryl/α,β-unsaturated/α-hetero) is 1. The average molecular weight is 474 g/mol. The average Bonchev–Trinajstić information content (AvgIpc) is 3.10. The van der Waals surface area contributed by atoms with E-state index in [9.17, 15) is 18.0 Å². The number of fused-ring (bicyclic) bond motifs is 5. The Balaban J connectivity index is 1.33. The van der Waals surface area contributed by atoms with Crippen molar-refractivity contribution in [2.75, 3.05) is 0 Å². The molecule has 0 spiro atoms. The Morgan fingerprint density at radius 2 is 1.79 bits per heavy atom. The van der Waals surface area contributed by atoms with Crippen LogP contribution in [-0.4, -0.2) is 26.3 Å². The maximum atomic E-state index is 13.0. The second kappa shape index (κ2) is 7.91. The van der Waals surface area contributed by atoms with Crippen LogP contribution in [0.1, 0.15) is 82.0 Å². The molecule has 5 rings (SSSR count). The van der Waals surface area contributed by atoms with Crippen molar-refractivity contribution in [1.29, 1.82) is 0 Å². The Morgan fingerprint density at radius 1 is 1.03 bits per heavy atom. The van der Waals surface area contributed by atoms with Crippen LogP contribution in [0.15, 0.2) is 29.2 Å². The summed E-state index contributed by atoms with van der Waals surface area (Å²) in [6, 6.07) is 5.79. The van der Waals surface area contributed by atoms with E-state index in [0.717, 1.165) is 51.4 Å². The van der Waals surface area contributed by atoms with Crippen molar-refractivity contribution in [2.24, 2.45) is 39.6 Å². The minimum atomic E-state index is -3.88. The van der Waals surface area contributed by atoms with Gasteiger partial charge >= 0.3 is 5.97 Å². The third-order valence-corrected chi connectivity index (χ3v) is 11.0. The fourth-order valence-electron chi connectivity index (χ4n) is 8.19. The molecule has 0 radical (unpaired) electrons. The molecule has 0 aliphatic heterocycles. The second-order valence-electron chi connectivity index (χ2n) is 11.5. The minimum Gasteiger partial charge on any atom is -0.458 e. The molecule has 1 aromatic rings. The highest BCUT2D eigenvalue weighted by atomic mass is 32.2. The summed E-state index contributed by atoms with van der Waals surface area (Å²) in [4.78, 5) is 25.0. The summed E-state index contributed by atoms with van der Waals surface area (Å²) >= 11 is 0. The number of carbonyl (C=O) groups excluding carboxylic acids is 2. The quantitative estimate of drug-likeness (QED) is 0.652. The second-order valence-corrected chi connectivity index (χ2v) is 13.0. The third-order valence-electron chi connectivity index (χ3n) is 10.0. The largest absolute Gasteiger partial charge is 0.458 e. The zero-order chi connectivity index (χ0) is 23.6. The highest BCUT2D eigenvalue weighted by Gasteiger charge is 2.61. The summed E-state index contributed by atoms with van der Waals surface area (Å²) in [5.74, 6) is 2.31. The number of rotatable bonds is 3. The molecule has 4 fully saturated rings. The number of benzene rings is 1. The first kappa shape index (κ1) is 23.0. The predicted molar refractivity (Wildman–Crippen MR) is 124 cm³/mol. The molecule has 4 saturated carbocycles. The van der Waals surface area contributed by atoms with Gasteiger partial charge in [0, 0.05) is 18.3 Å². The third kappa shape index (κ3) is 3.75. The standard InChI is InChI=1S/C26H35NO5S/c1-25-12-10-18(28)15-17(25)6-7-20-21-8-9-23(26(21,2)13-11-22(20)25)32-24(29)16-4-3-5-19(14-16)33(27,30)31/h3-5,14,17,20-23H,6-13,15H2,1-2H3,(H2,27,30,31)/t17?,20?,21?,22?,23-,25-,26-/m0/s1. The molecule has 4 aliphatic rings. The van der Waals surface area contributed by atoms with E-state index in [1.807, 2.05) is 0 Å². The van der Waals surface area contributed by atoms with Crippen molar-refractivity contribution in [3.63, 3.8) is 0 Å². The fourth-order valence-corrected chi connectivity index (χ4v) is 8.75. The Morgan fingerprint density at radius 3 is 2.55 bits per heavy atom. The number of nitrogens with two attached hydrogens (primary N) is 1. The Hall–Kier alpha value is -1.73. The number of primary sulfonamides is 1. The van der Waals surface area contributed by atoms with Crippen LogP contribution >= 0.6 is 0 Å². The van der Waals surface area contributed by atoms with Crippen molar-refractivity contribution >= 4 is 21.8 Å². The van der Waals surface area contributed by atoms with Gasteiger partial charge in [-0.15, -0.1) is 0 Å². The van der Waals surface area contributed by atoms with E-state index in [4.69, 9.17) is 9.88 Å². The van der Waals surface area contributed by atoms with Crippen LogP contribution in [0.25, 0.3) is 0 Å². The van der Waals surface area contributed by atoms with E-state index in [-0.39, 0.29) is 27.4 Å². The van der Waals surface area contributed by atoms with Gasteiger partial charge in [-0.25, -0.2) is 18.4 Å². The Bertz CT molecular complexity index is 1080. The van der Waals surface area contributed by atoms with Gasteiger partial charge in [-0.3, -0.25) is 4.79 Å². The fraction of sp³-hybridized carbons (Fsp3) is 0.692. The number of esters is 1. The van der Waals surface area contributed by atoms with Crippen LogP contribution < -0.4 is 5.14 Å². The summed E-state index contributed by atoms with van der Waals surface area (Å²) < 4.78 is 29.4. The summed E-state index contributed by atoms with van der Waals surface area (Å²) in [6.45, 7) is 4.73. The summed E-state index contributed by atoms with van der Waals surface area (Å²) in [5.41, 5.74) is 0.436. The number of hydrogen-bond donors (Lipinski definition) is 1. The molecular weight excluding hydrogens is 438 g/mol. The number of ether oxygens (including phenoxy) is 1. The monoisotopic (exact) mass is 473 g/mol. The first-order chi connectivity index (χ1) is 15.5. The molecule has 4 aliphatic carbocycles. The smallest absolute Gasteiger partial charge is 0.338 e. The Labute approximate surface area is 196 Å². The molecule has 180 valence electrons. The van der Waals surface area contributed by atoms with E-state index >= 15 is 0 Å². The molecule has 0 amide bonds. The van der Waals surface area contributed by atoms with Crippen molar-refractivity contribution in [2.45, 2.75) is 82.6 Å². The topological polar surface area (TPSA) is 104 Å². The molecule has 6 nitrogen and oxygen atoms in total. The van der Waals surface area contributed by atoms with E-state index in [1.54, 1.807) is 6.07 Å². The molecule has 0 bridgehead atoms. The number of sulfonamides is 1. The van der Waals surface area contributed by atoms with Gasteiger partial charge in [-0.1, -0.05) is 19.9 Å². The van der Waals surface area contributed by atoms with Crippen LogP contribution in [0.3, 0.4) is 0 Å². The molecule has 1 aromatic carbocycles. The lowest BCUT2D eigenvalue weighted by Gasteiger charge is -2.60. The molecule has 0 heterocycles. The number of ketones is 1. The SMILES string of the molecule is C[C@]12CCC(=O)CC1CCC1C2CC[C@@]2(C)C1CC[C@@H]2OC(=O)c1cccc(S(N)(=O)=O)c1.